The maximum Gasteiger partial charge on any atom is 0.235 e. The normalized spacial score (nSPS) is 9.89. The molecule has 0 aromatic heterocycles. The summed E-state index contributed by atoms with van der Waals surface area (Å²) in [7, 11) is 0. The van der Waals surface area contributed by atoms with E-state index in [0.29, 0.717) is 0 Å². The van der Waals surface area contributed by atoms with Gasteiger partial charge in [0.2, 0.25) is 5.91 Å². The molecule has 0 aliphatic carbocycles. The van der Waals surface area contributed by atoms with E-state index in [1.807, 2.05) is 61.5 Å². The van der Waals surface area contributed by atoms with Crippen LogP contribution in [0.3, 0.4) is 0 Å². The molecule has 0 fully saturated rings. The smallest absolute Gasteiger partial charge is 0.235 e. The van der Waals surface area contributed by atoms with Crippen molar-refractivity contribution < 1.29 is 4.79 Å². The van der Waals surface area contributed by atoms with Gasteiger partial charge in [0.1, 0.15) is 0 Å². The zero-order chi connectivity index (χ0) is 13.0. The van der Waals surface area contributed by atoms with E-state index >= 15 is 0 Å². The lowest BCUT2D eigenvalue weighted by atomic mass is 10.2. The first kappa shape index (κ1) is 12.2. The number of hydrogen-bond donors (Lipinski definition) is 1. The van der Waals surface area contributed by atoms with Crippen LogP contribution >= 0.6 is 0 Å². The molecule has 0 unspecified atom stereocenters. The van der Waals surface area contributed by atoms with Crippen LogP contribution in [0.5, 0.6) is 0 Å². The molecule has 18 heavy (non-hydrogen) atoms. The van der Waals surface area contributed by atoms with E-state index < -0.39 is 0 Å². The predicted octanol–water partition coefficient (Wildman–Crippen LogP) is 3.18. The summed E-state index contributed by atoms with van der Waals surface area (Å²) in [4.78, 5) is 11.4. The van der Waals surface area contributed by atoms with Crippen LogP contribution in [0, 0.1) is 6.92 Å². The molecule has 2 rings (SSSR count). The van der Waals surface area contributed by atoms with Gasteiger partial charge in [-0.3, -0.25) is 15.2 Å². The molecule has 0 spiro atoms. The molecule has 0 saturated heterocycles. The number of benzene rings is 2. The van der Waals surface area contributed by atoms with Gasteiger partial charge < -0.3 is 0 Å². The van der Waals surface area contributed by atoms with Crippen molar-refractivity contribution in [1.82, 2.24) is 5.43 Å². The molecule has 0 saturated carbocycles. The van der Waals surface area contributed by atoms with Gasteiger partial charge >= 0.3 is 0 Å². The Labute approximate surface area is 107 Å². The highest BCUT2D eigenvalue weighted by Crippen LogP contribution is 2.25. The summed E-state index contributed by atoms with van der Waals surface area (Å²) in [5.41, 5.74) is 5.86. The summed E-state index contributed by atoms with van der Waals surface area (Å²) >= 11 is 0. The lowest BCUT2D eigenvalue weighted by Crippen LogP contribution is -2.37. The first-order valence-corrected chi connectivity index (χ1v) is 5.86. The Hall–Kier alpha value is -2.29. The number of hydrazine groups is 1. The van der Waals surface area contributed by atoms with Crippen LogP contribution in [-0.4, -0.2) is 5.91 Å². The number of para-hydroxylation sites is 2. The molecule has 0 atom stereocenters. The number of carbonyl (C=O) groups is 1. The number of amides is 1. The Morgan fingerprint density at radius 1 is 1.00 bits per heavy atom. The number of aryl methyl sites for hydroxylation is 1. The maximum absolute atomic E-state index is 11.4. The van der Waals surface area contributed by atoms with Gasteiger partial charge in [0.25, 0.3) is 0 Å². The van der Waals surface area contributed by atoms with Crippen molar-refractivity contribution >= 4 is 17.3 Å². The fraction of sp³-hybridized carbons (Fsp3) is 0.133. The van der Waals surface area contributed by atoms with E-state index in [-0.39, 0.29) is 5.91 Å². The molecule has 0 aliphatic rings. The molecular formula is C15H16N2O. The molecule has 1 amide bonds. The molecule has 0 bridgehead atoms. The quantitative estimate of drug-likeness (QED) is 0.836. The molecule has 0 radical (unpaired) electrons. The van der Waals surface area contributed by atoms with Gasteiger partial charge in [-0.15, -0.1) is 0 Å². The minimum Gasteiger partial charge on any atom is -0.274 e. The second kappa shape index (κ2) is 5.36. The van der Waals surface area contributed by atoms with Crippen molar-refractivity contribution in [2.24, 2.45) is 0 Å². The van der Waals surface area contributed by atoms with Gasteiger partial charge in [-0.1, -0.05) is 36.4 Å². The van der Waals surface area contributed by atoms with Crippen LogP contribution in [-0.2, 0) is 4.79 Å². The molecular weight excluding hydrogens is 224 g/mol. The van der Waals surface area contributed by atoms with Gasteiger partial charge in [-0.25, -0.2) is 0 Å². The van der Waals surface area contributed by atoms with Crippen molar-refractivity contribution in [2.75, 3.05) is 5.01 Å². The standard InChI is InChI=1S/C15H16N2O/c1-12-8-6-7-11-15(12)17(16-13(2)18)14-9-4-3-5-10-14/h3-11H,1-2H3,(H,16,18). The van der Waals surface area contributed by atoms with Gasteiger partial charge in [-0.05, 0) is 30.7 Å². The Kier molecular flexibility index (Phi) is 3.63. The first-order chi connectivity index (χ1) is 8.68. The molecule has 1 N–H and O–H groups in total. The third-order valence-corrected chi connectivity index (χ3v) is 2.64. The fourth-order valence-corrected chi connectivity index (χ4v) is 1.81. The molecule has 3 heteroatoms. The van der Waals surface area contributed by atoms with Crippen molar-refractivity contribution in [2.45, 2.75) is 13.8 Å². The second-order valence-electron chi connectivity index (χ2n) is 4.13. The van der Waals surface area contributed by atoms with E-state index in [4.69, 9.17) is 0 Å². The summed E-state index contributed by atoms with van der Waals surface area (Å²) < 4.78 is 0. The lowest BCUT2D eigenvalue weighted by molar-refractivity contribution is -0.118. The van der Waals surface area contributed by atoms with Crippen molar-refractivity contribution in [3.05, 3.63) is 60.2 Å². The van der Waals surface area contributed by atoms with Crippen LogP contribution in [0.25, 0.3) is 0 Å². The number of hydrogen-bond acceptors (Lipinski definition) is 2. The predicted molar refractivity (Wildman–Crippen MR) is 73.6 cm³/mol. The summed E-state index contributed by atoms with van der Waals surface area (Å²) in [6, 6.07) is 17.7. The summed E-state index contributed by atoms with van der Waals surface area (Å²) in [5, 5.41) is 1.80. The van der Waals surface area contributed by atoms with Crippen molar-refractivity contribution in [3.8, 4) is 0 Å². The van der Waals surface area contributed by atoms with Crippen LogP contribution in [0.1, 0.15) is 12.5 Å². The Morgan fingerprint density at radius 3 is 2.22 bits per heavy atom. The van der Waals surface area contributed by atoms with E-state index in [0.717, 1.165) is 16.9 Å². The highest BCUT2D eigenvalue weighted by atomic mass is 16.2. The molecule has 0 heterocycles. The zero-order valence-electron chi connectivity index (χ0n) is 10.6. The molecule has 2 aromatic rings. The number of rotatable bonds is 3. The lowest BCUT2D eigenvalue weighted by Gasteiger charge is -2.26. The topological polar surface area (TPSA) is 32.3 Å². The molecule has 3 nitrogen and oxygen atoms in total. The maximum atomic E-state index is 11.4. The largest absolute Gasteiger partial charge is 0.274 e. The third-order valence-electron chi connectivity index (χ3n) is 2.64. The summed E-state index contributed by atoms with van der Waals surface area (Å²) in [6.07, 6.45) is 0. The Bertz CT molecular complexity index is 537. The van der Waals surface area contributed by atoms with Gasteiger partial charge in [0.15, 0.2) is 0 Å². The van der Waals surface area contributed by atoms with Crippen LogP contribution in [0.4, 0.5) is 11.4 Å². The van der Waals surface area contributed by atoms with Gasteiger partial charge in [0.05, 0.1) is 11.4 Å². The third kappa shape index (κ3) is 2.69. The molecule has 0 aliphatic heterocycles. The highest BCUT2D eigenvalue weighted by Gasteiger charge is 2.11. The van der Waals surface area contributed by atoms with E-state index in [1.54, 1.807) is 5.01 Å². The van der Waals surface area contributed by atoms with Crippen LogP contribution in [0.15, 0.2) is 54.6 Å². The van der Waals surface area contributed by atoms with Crippen LogP contribution in [0.2, 0.25) is 0 Å². The Morgan fingerprint density at radius 2 is 1.61 bits per heavy atom. The fourth-order valence-electron chi connectivity index (χ4n) is 1.81. The Balaban J connectivity index is 2.44. The number of nitrogens with zero attached hydrogens (tertiary/aromatic N) is 1. The average molecular weight is 240 g/mol. The average Bonchev–Trinajstić information content (AvgIpc) is 2.38. The second-order valence-corrected chi connectivity index (χ2v) is 4.13. The first-order valence-electron chi connectivity index (χ1n) is 5.86. The van der Waals surface area contributed by atoms with Crippen molar-refractivity contribution in [1.29, 1.82) is 0 Å². The van der Waals surface area contributed by atoms with E-state index in [2.05, 4.69) is 5.43 Å². The SMILES string of the molecule is CC(=O)NN(c1ccccc1)c1ccccc1C. The highest BCUT2D eigenvalue weighted by molar-refractivity contribution is 5.79. The van der Waals surface area contributed by atoms with Crippen molar-refractivity contribution in [3.63, 3.8) is 0 Å². The number of nitrogens with one attached hydrogen (secondary N) is 1. The summed E-state index contributed by atoms with van der Waals surface area (Å²) in [6.45, 7) is 3.53. The van der Waals surface area contributed by atoms with Gasteiger partial charge in [0, 0.05) is 6.92 Å². The minimum atomic E-state index is -0.0953. The number of carbonyl (C=O) groups excluding carboxylic acids is 1. The molecule has 92 valence electrons. The minimum absolute atomic E-state index is 0.0953. The zero-order valence-corrected chi connectivity index (χ0v) is 10.6. The number of anilines is 2. The van der Waals surface area contributed by atoms with Gasteiger partial charge in [-0.2, -0.15) is 0 Å². The van der Waals surface area contributed by atoms with E-state index in [1.165, 1.54) is 6.92 Å². The molecule has 2 aromatic carbocycles. The summed E-state index contributed by atoms with van der Waals surface area (Å²) in [5.74, 6) is -0.0953. The monoisotopic (exact) mass is 240 g/mol. The van der Waals surface area contributed by atoms with E-state index in [9.17, 15) is 4.79 Å². The van der Waals surface area contributed by atoms with Crippen LogP contribution < -0.4 is 10.4 Å².